The van der Waals surface area contributed by atoms with Crippen molar-refractivity contribution in [1.29, 1.82) is 0 Å². The standard InChI is InChI=1S/C31H34O3/c1-30-15-13-24-25(28(30)14-16-31(30,33)22-9-6-10-23(18-22)34-2)12-11-21-17-29(32)27(19-26(21)24)20-7-4-3-5-8-20/h3-10,17-18,25,27-28,33H,11-16,19H2,1-2H3/t25-,27?,28+,30+,31+/m1/s1. The summed E-state index contributed by atoms with van der Waals surface area (Å²) < 4.78 is 5.48. The Labute approximate surface area is 202 Å². The lowest BCUT2D eigenvalue weighted by Gasteiger charge is -2.52. The molecule has 0 aromatic heterocycles. The fourth-order valence-electron chi connectivity index (χ4n) is 7.87. The van der Waals surface area contributed by atoms with Gasteiger partial charge in [0.1, 0.15) is 5.75 Å². The van der Waals surface area contributed by atoms with Gasteiger partial charge in [-0.15, -0.1) is 0 Å². The number of benzene rings is 2. The predicted molar refractivity (Wildman–Crippen MR) is 134 cm³/mol. The molecule has 2 fully saturated rings. The summed E-state index contributed by atoms with van der Waals surface area (Å²) in [6.45, 7) is 2.33. The summed E-state index contributed by atoms with van der Waals surface area (Å²) in [6, 6.07) is 18.3. The number of rotatable bonds is 3. The first-order valence-corrected chi connectivity index (χ1v) is 12.8. The highest BCUT2D eigenvalue weighted by Gasteiger charge is 2.61. The van der Waals surface area contributed by atoms with Gasteiger partial charge in [0.25, 0.3) is 0 Å². The Kier molecular flexibility index (Phi) is 5.11. The van der Waals surface area contributed by atoms with E-state index in [2.05, 4.69) is 25.1 Å². The fraction of sp³-hybridized carbons (Fsp3) is 0.452. The Bertz CT molecular complexity index is 1190. The van der Waals surface area contributed by atoms with E-state index in [0.717, 1.165) is 61.8 Å². The molecular weight excluding hydrogens is 420 g/mol. The highest BCUT2D eigenvalue weighted by molar-refractivity contribution is 5.98. The van der Waals surface area contributed by atoms with E-state index >= 15 is 0 Å². The average molecular weight is 455 g/mol. The van der Waals surface area contributed by atoms with Crippen molar-refractivity contribution in [2.75, 3.05) is 7.11 Å². The minimum atomic E-state index is -0.826. The third-order valence-electron chi connectivity index (χ3n) is 9.74. The molecular formula is C31H34O3. The molecule has 2 aromatic carbocycles. The third-order valence-corrected chi connectivity index (χ3v) is 9.74. The molecule has 0 radical (unpaired) electrons. The number of aliphatic hydroxyl groups is 1. The molecule has 4 aliphatic carbocycles. The summed E-state index contributed by atoms with van der Waals surface area (Å²) in [4.78, 5) is 13.0. The number of hydrogen-bond acceptors (Lipinski definition) is 3. The van der Waals surface area contributed by atoms with Gasteiger partial charge in [0.2, 0.25) is 0 Å². The van der Waals surface area contributed by atoms with E-state index in [4.69, 9.17) is 4.74 Å². The van der Waals surface area contributed by atoms with Gasteiger partial charge in [0, 0.05) is 5.41 Å². The van der Waals surface area contributed by atoms with Gasteiger partial charge >= 0.3 is 0 Å². The molecule has 2 saturated carbocycles. The van der Waals surface area contributed by atoms with Crippen molar-refractivity contribution < 1.29 is 14.6 Å². The van der Waals surface area contributed by atoms with Gasteiger partial charge < -0.3 is 9.84 Å². The molecule has 0 spiro atoms. The Morgan fingerprint density at radius 2 is 1.82 bits per heavy atom. The topological polar surface area (TPSA) is 46.5 Å². The maximum atomic E-state index is 13.0. The second kappa shape index (κ2) is 7.95. The zero-order valence-electron chi connectivity index (χ0n) is 20.2. The van der Waals surface area contributed by atoms with Crippen LogP contribution >= 0.6 is 0 Å². The maximum absolute atomic E-state index is 13.0. The average Bonchev–Trinajstić information content (AvgIpc) is 3.15. The molecule has 0 saturated heterocycles. The van der Waals surface area contributed by atoms with Crippen LogP contribution in [0, 0.1) is 17.3 Å². The Morgan fingerprint density at radius 3 is 2.62 bits per heavy atom. The zero-order chi connectivity index (χ0) is 23.5. The van der Waals surface area contributed by atoms with E-state index in [1.807, 2.05) is 42.5 Å². The number of fused-ring (bicyclic) bond motifs is 4. The molecule has 0 heterocycles. The van der Waals surface area contributed by atoms with Crippen LogP contribution < -0.4 is 4.74 Å². The molecule has 0 amide bonds. The summed E-state index contributed by atoms with van der Waals surface area (Å²) in [7, 11) is 1.69. The SMILES string of the molecule is COc1cccc([C@@]2(O)CC[C@H]3[C@@H]4CCC5=CC(=O)C(c6ccccc6)CC5=C4CC[C@@]32C)c1. The van der Waals surface area contributed by atoms with E-state index in [1.54, 1.807) is 12.7 Å². The molecule has 0 bridgehead atoms. The maximum Gasteiger partial charge on any atom is 0.163 e. The molecule has 2 aromatic rings. The quantitative estimate of drug-likeness (QED) is 0.577. The van der Waals surface area contributed by atoms with Crippen LogP contribution in [0.4, 0.5) is 0 Å². The second-order valence-corrected chi connectivity index (χ2v) is 11.0. The smallest absolute Gasteiger partial charge is 0.163 e. The van der Waals surface area contributed by atoms with Crippen LogP contribution in [0.3, 0.4) is 0 Å². The number of carbonyl (C=O) groups excluding carboxylic acids is 1. The van der Waals surface area contributed by atoms with E-state index in [0.29, 0.717) is 11.8 Å². The minimum Gasteiger partial charge on any atom is -0.497 e. The third kappa shape index (κ3) is 3.09. The van der Waals surface area contributed by atoms with Gasteiger partial charge in [0.05, 0.1) is 18.6 Å². The van der Waals surface area contributed by atoms with Crippen molar-refractivity contribution in [1.82, 2.24) is 0 Å². The molecule has 3 heteroatoms. The van der Waals surface area contributed by atoms with Crippen molar-refractivity contribution in [2.24, 2.45) is 17.3 Å². The summed E-state index contributed by atoms with van der Waals surface area (Å²) in [6.07, 6.45) is 8.73. The molecule has 4 aliphatic rings. The van der Waals surface area contributed by atoms with E-state index in [-0.39, 0.29) is 17.1 Å². The molecule has 6 rings (SSSR count). The number of methoxy groups -OCH3 is 1. The number of carbonyl (C=O) groups is 1. The highest BCUT2D eigenvalue weighted by Crippen LogP contribution is 2.66. The van der Waals surface area contributed by atoms with Crippen molar-refractivity contribution in [3.63, 3.8) is 0 Å². The van der Waals surface area contributed by atoms with Gasteiger partial charge in [-0.05, 0) is 97.3 Å². The monoisotopic (exact) mass is 454 g/mol. The summed E-state index contributed by atoms with van der Waals surface area (Å²) in [5, 5.41) is 12.2. The van der Waals surface area contributed by atoms with Gasteiger partial charge in [-0.1, -0.05) is 55.0 Å². The molecule has 3 nitrogen and oxygen atoms in total. The minimum absolute atomic E-state index is 0.0585. The van der Waals surface area contributed by atoms with Crippen LogP contribution in [0.1, 0.15) is 68.9 Å². The fourth-order valence-corrected chi connectivity index (χ4v) is 7.87. The lowest BCUT2D eigenvalue weighted by atomic mass is 9.54. The van der Waals surface area contributed by atoms with Crippen LogP contribution in [-0.4, -0.2) is 18.0 Å². The first-order chi connectivity index (χ1) is 16.4. The van der Waals surface area contributed by atoms with Crippen LogP contribution in [-0.2, 0) is 10.4 Å². The Balaban J connectivity index is 1.36. The number of hydrogen-bond donors (Lipinski definition) is 1. The van der Waals surface area contributed by atoms with Crippen LogP contribution in [0.15, 0.2) is 77.4 Å². The molecule has 34 heavy (non-hydrogen) atoms. The summed E-state index contributed by atoms with van der Waals surface area (Å²) in [5.74, 6) is 1.99. The van der Waals surface area contributed by atoms with Gasteiger partial charge in [-0.3, -0.25) is 4.79 Å². The lowest BCUT2D eigenvalue weighted by Crippen LogP contribution is -2.48. The van der Waals surface area contributed by atoms with Gasteiger partial charge in [-0.25, -0.2) is 0 Å². The van der Waals surface area contributed by atoms with Crippen molar-refractivity contribution in [3.05, 3.63) is 88.5 Å². The van der Waals surface area contributed by atoms with E-state index < -0.39 is 5.60 Å². The number of ether oxygens (including phenoxy) is 1. The normalized spacial score (nSPS) is 34.7. The van der Waals surface area contributed by atoms with E-state index in [1.165, 1.54) is 11.1 Å². The van der Waals surface area contributed by atoms with Crippen molar-refractivity contribution >= 4 is 5.78 Å². The number of ketones is 1. The van der Waals surface area contributed by atoms with Crippen LogP contribution in [0.5, 0.6) is 5.75 Å². The largest absolute Gasteiger partial charge is 0.497 e. The molecule has 1 N–H and O–H groups in total. The molecule has 176 valence electrons. The van der Waals surface area contributed by atoms with Crippen molar-refractivity contribution in [2.45, 2.75) is 63.4 Å². The Morgan fingerprint density at radius 1 is 1.00 bits per heavy atom. The molecule has 1 unspecified atom stereocenters. The van der Waals surface area contributed by atoms with Crippen molar-refractivity contribution in [3.8, 4) is 5.75 Å². The van der Waals surface area contributed by atoms with Gasteiger partial charge in [-0.2, -0.15) is 0 Å². The van der Waals surface area contributed by atoms with E-state index in [9.17, 15) is 9.90 Å². The first-order valence-electron chi connectivity index (χ1n) is 12.8. The molecule has 0 aliphatic heterocycles. The first kappa shape index (κ1) is 21.9. The zero-order valence-corrected chi connectivity index (χ0v) is 20.2. The molecule has 5 atom stereocenters. The summed E-state index contributed by atoms with van der Waals surface area (Å²) >= 11 is 0. The lowest BCUT2D eigenvalue weighted by molar-refractivity contribution is -0.116. The van der Waals surface area contributed by atoms with Gasteiger partial charge in [0.15, 0.2) is 5.78 Å². The van der Waals surface area contributed by atoms with Crippen LogP contribution in [0.25, 0.3) is 0 Å². The number of allylic oxidation sites excluding steroid dienone is 4. The highest BCUT2D eigenvalue weighted by atomic mass is 16.5. The van der Waals surface area contributed by atoms with Crippen LogP contribution in [0.2, 0.25) is 0 Å². The second-order valence-electron chi connectivity index (χ2n) is 11.0. The Hall–Kier alpha value is -2.65. The predicted octanol–water partition coefficient (Wildman–Crippen LogP) is 6.48. The summed E-state index contributed by atoms with van der Waals surface area (Å²) in [5.41, 5.74) is 5.48.